The summed E-state index contributed by atoms with van der Waals surface area (Å²) in [5, 5.41) is 6.26. The zero-order valence-corrected chi connectivity index (χ0v) is 9.35. The van der Waals surface area contributed by atoms with E-state index in [0.29, 0.717) is 11.9 Å². The van der Waals surface area contributed by atoms with E-state index in [9.17, 15) is 4.79 Å². The van der Waals surface area contributed by atoms with Crippen molar-refractivity contribution in [1.82, 2.24) is 20.1 Å². The summed E-state index contributed by atoms with van der Waals surface area (Å²) in [6.45, 7) is 4.18. The molecule has 0 bridgehead atoms. The first-order valence-corrected chi connectivity index (χ1v) is 5.57. The molecular formula is C10H16N4O2. The van der Waals surface area contributed by atoms with Crippen molar-refractivity contribution < 1.29 is 9.53 Å². The van der Waals surface area contributed by atoms with Crippen molar-refractivity contribution in [3.8, 4) is 0 Å². The summed E-state index contributed by atoms with van der Waals surface area (Å²) in [4.78, 5) is 17.5. The lowest BCUT2D eigenvalue weighted by Crippen LogP contribution is -2.41. The molecule has 0 radical (unpaired) electrons. The van der Waals surface area contributed by atoms with E-state index >= 15 is 0 Å². The topological polar surface area (TPSA) is 71.1 Å². The Labute approximate surface area is 94.0 Å². The van der Waals surface area contributed by atoms with Gasteiger partial charge in [-0.05, 0) is 19.8 Å². The number of aromatic nitrogens is 3. The lowest BCUT2D eigenvalue weighted by molar-refractivity contribution is 0.0142. The highest BCUT2D eigenvalue weighted by atomic mass is 16.5. The van der Waals surface area contributed by atoms with Crippen LogP contribution in [0.5, 0.6) is 0 Å². The molecule has 0 aromatic carbocycles. The third kappa shape index (κ3) is 2.38. The highest BCUT2D eigenvalue weighted by molar-refractivity contribution is 5.90. The molecule has 1 saturated heterocycles. The van der Waals surface area contributed by atoms with Crippen LogP contribution in [-0.2, 0) is 4.74 Å². The number of ether oxygens (including phenoxy) is 1. The van der Waals surface area contributed by atoms with Gasteiger partial charge in [0.05, 0.1) is 6.10 Å². The molecule has 1 aromatic heterocycles. The molecule has 2 heterocycles. The van der Waals surface area contributed by atoms with Gasteiger partial charge < -0.3 is 9.64 Å². The fourth-order valence-corrected chi connectivity index (χ4v) is 1.92. The van der Waals surface area contributed by atoms with E-state index in [0.717, 1.165) is 32.5 Å². The fraction of sp³-hybridized carbons (Fsp3) is 0.700. The molecule has 1 amide bonds. The van der Waals surface area contributed by atoms with Crippen LogP contribution in [0.25, 0.3) is 0 Å². The van der Waals surface area contributed by atoms with Crippen LogP contribution in [0.4, 0.5) is 0 Å². The van der Waals surface area contributed by atoms with E-state index in [1.165, 1.54) is 6.33 Å². The maximum absolute atomic E-state index is 11.9. The highest BCUT2D eigenvalue weighted by Gasteiger charge is 2.24. The van der Waals surface area contributed by atoms with Gasteiger partial charge in [-0.15, -0.1) is 0 Å². The van der Waals surface area contributed by atoms with Gasteiger partial charge in [-0.25, -0.2) is 4.98 Å². The quantitative estimate of drug-likeness (QED) is 0.809. The van der Waals surface area contributed by atoms with Crippen LogP contribution in [0.3, 0.4) is 0 Å². The average molecular weight is 224 g/mol. The van der Waals surface area contributed by atoms with E-state index in [4.69, 9.17) is 4.74 Å². The lowest BCUT2D eigenvalue weighted by Gasteiger charge is -2.31. The first-order valence-electron chi connectivity index (χ1n) is 5.57. The highest BCUT2D eigenvalue weighted by Crippen LogP contribution is 2.14. The number of piperidine rings is 1. The number of nitrogens with one attached hydrogen (secondary N) is 1. The Morgan fingerprint density at radius 1 is 1.62 bits per heavy atom. The predicted octanol–water partition coefficient (Wildman–Crippen LogP) is 0.446. The van der Waals surface area contributed by atoms with Gasteiger partial charge in [0.25, 0.3) is 5.91 Å². The summed E-state index contributed by atoms with van der Waals surface area (Å²) in [6.07, 6.45) is 3.44. The monoisotopic (exact) mass is 224 g/mol. The SMILES string of the molecule is CCOC1CCN(C(=O)c2ncn[nH]2)CC1. The largest absolute Gasteiger partial charge is 0.378 e. The number of likely N-dealkylation sites (tertiary alicyclic amines) is 1. The van der Waals surface area contributed by atoms with Gasteiger partial charge in [0.1, 0.15) is 6.33 Å². The second-order valence-corrected chi connectivity index (χ2v) is 3.78. The third-order valence-electron chi connectivity index (χ3n) is 2.75. The Hall–Kier alpha value is -1.43. The minimum Gasteiger partial charge on any atom is -0.378 e. The molecule has 0 aliphatic carbocycles. The Morgan fingerprint density at radius 2 is 2.38 bits per heavy atom. The average Bonchev–Trinajstić information content (AvgIpc) is 2.83. The molecule has 1 fully saturated rings. The number of rotatable bonds is 3. The zero-order valence-electron chi connectivity index (χ0n) is 9.35. The molecule has 0 saturated carbocycles. The van der Waals surface area contributed by atoms with E-state index in [-0.39, 0.29) is 5.91 Å². The summed E-state index contributed by atoms with van der Waals surface area (Å²) >= 11 is 0. The molecule has 6 nitrogen and oxygen atoms in total. The predicted molar refractivity (Wildman–Crippen MR) is 56.9 cm³/mol. The van der Waals surface area contributed by atoms with Crippen LogP contribution in [-0.4, -0.2) is 51.8 Å². The van der Waals surface area contributed by atoms with Crippen LogP contribution < -0.4 is 0 Å². The first-order chi connectivity index (χ1) is 7.81. The van der Waals surface area contributed by atoms with Gasteiger partial charge in [0.2, 0.25) is 5.82 Å². The number of aromatic amines is 1. The summed E-state index contributed by atoms with van der Waals surface area (Å²) in [7, 11) is 0. The minimum absolute atomic E-state index is 0.0764. The van der Waals surface area contributed by atoms with Crippen molar-refractivity contribution in [2.45, 2.75) is 25.9 Å². The molecule has 1 aromatic rings. The Balaban J connectivity index is 1.87. The van der Waals surface area contributed by atoms with Crippen molar-refractivity contribution in [2.75, 3.05) is 19.7 Å². The van der Waals surface area contributed by atoms with Crippen LogP contribution in [0, 0.1) is 0 Å². The van der Waals surface area contributed by atoms with Crippen LogP contribution in [0.1, 0.15) is 30.4 Å². The summed E-state index contributed by atoms with van der Waals surface area (Å²) in [5.74, 6) is 0.238. The van der Waals surface area contributed by atoms with Crippen molar-refractivity contribution in [2.24, 2.45) is 0 Å². The number of hydrogen-bond acceptors (Lipinski definition) is 4. The van der Waals surface area contributed by atoms with Crippen molar-refractivity contribution >= 4 is 5.91 Å². The number of amides is 1. The number of carbonyl (C=O) groups excluding carboxylic acids is 1. The van der Waals surface area contributed by atoms with Crippen LogP contribution in [0.2, 0.25) is 0 Å². The first kappa shape index (κ1) is 11.1. The summed E-state index contributed by atoms with van der Waals surface area (Å²) in [6, 6.07) is 0. The van der Waals surface area contributed by atoms with Gasteiger partial charge in [0, 0.05) is 19.7 Å². The van der Waals surface area contributed by atoms with Crippen LogP contribution >= 0.6 is 0 Å². The Bertz CT molecular complexity index is 331. The molecule has 0 atom stereocenters. The third-order valence-corrected chi connectivity index (χ3v) is 2.75. The van der Waals surface area contributed by atoms with E-state index in [1.807, 2.05) is 6.92 Å². The summed E-state index contributed by atoms with van der Waals surface area (Å²) in [5.41, 5.74) is 0. The molecule has 6 heteroatoms. The molecule has 2 rings (SSSR count). The molecule has 16 heavy (non-hydrogen) atoms. The second-order valence-electron chi connectivity index (χ2n) is 3.78. The van der Waals surface area contributed by atoms with Gasteiger partial charge >= 0.3 is 0 Å². The Morgan fingerprint density at radius 3 is 2.94 bits per heavy atom. The Kier molecular flexibility index (Phi) is 3.51. The van der Waals surface area contributed by atoms with Crippen molar-refractivity contribution in [3.63, 3.8) is 0 Å². The molecule has 1 N–H and O–H groups in total. The maximum atomic E-state index is 11.9. The van der Waals surface area contributed by atoms with Gasteiger partial charge in [-0.2, -0.15) is 5.10 Å². The zero-order chi connectivity index (χ0) is 11.4. The fourth-order valence-electron chi connectivity index (χ4n) is 1.92. The normalized spacial score (nSPS) is 17.7. The van der Waals surface area contributed by atoms with E-state index in [2.05, 4.69) is 15.2 Å². The molecule has 88 valence electrons. The molecule has 0 unspecified atom stereocenters. The maximum Gasteiger partial charge on any atom is 0.291 e. The van der Waals surface area contributed by atoms with Crippen molar-refractivity contribution in [3.05, 3.63) is 12.2 Å². The molecule has 0 spiro atoms. The molecular weight excluding hydrogens is 208 g/mol. The van der Waals surface area contributed by atoms with Gasteiger partial charge in [0.15, 0.2) is 0 Å². The van der Waals surface area contributed by atoms with Crippen LogP contribution in [0.15, 0.2) is 6.33 Å². The lowest BCUT2D eigenvalue weighted by atomic mass is 10.1. The number of hydrogen-bond donors (Lipinski definition) is 1. The molecule has 1 aliphatic heterocycles. The van der Waals surface area contributed by atoms with Gasteiger partial charge in [-0.1, -0.05) is 0 Å². The standard InChI is InChI=1S/C10H16N4O2/c1-2-16-8-3-5-14(6-4-8)10(15)9-11-7-12-13-9/h7-8H,2-6H2,1H3,(H,11,12,13). The smallest absolute Gasteiger partial charge is 0.291 e. The van der Waals surface area contributed by atoms with Gasteiger partial charge in [-0.3, -0.25) is 9.89 Å². The van der Waals surface area contributed by atoms with E-state index < -0.39 is 0 Å². The number of carbonyl (C=O) groups is 1. The number of nitrogens with zero attached hydrogens (tertiary/aromatic N) is 3. The second kappa shape index (κ2) is 5.07. The van der Waals surface area contributed by atoms with Crippen molar-refractivity contribution in [1.29, 1.82) is 0 Å². The summed E-state index contributed by atoms with van der Waals surface area (Å²) < 4.78 is 5.53. The van der Waals surface area contributed by atoms with E-state index in [1.54, 1.807) is 4.90 Å². The molecule has 1 aliphatic rings. The number of H-pyrrole nitrogens is 1. The minimum atomic E-state index is -0.0764.